The molecule has 1 aliphatic carbocycles. The molecule has 0 N–H and O–H groups in total. The van der Waals surface area contributed by atoms with Crippen LogP contribution in [0.1, 0.15) is 31.2 Å². The molecule has 1 aromatic rings. The first-order chi connectivity index (χ1) is 10.9. The summed E-state index contributed by atoms with van der Waals surface area (Å²) >= 11 is 0. The zero-order valence-electron chi connectivity index (χ0n) is 13.4. The van der Waals surface area contributed by atoms with Gasteiger partial charge in [0.25, 0.3) is 0 Å². The fourth-order valence-corrected chi connectivity index (χ4v) is 4.05. The lowest BCUT2D eigenvalue weighted by molar-refractivity contribution is -0.138. The van der Waals surface area contributed by atoms with Gasteiger partial charge >= 0.3 is 0 Å². The highest BCUT2D eigenvalue weighted by Gasteiger charge is 2.38. The number of amides is 1. The van der Waals surface area contributed by atoms with Gasteiger partial charge in [0.05, 0.1) is 12.2 Å². The molecule has 1 saturated carbocycles. The summed E-state index contributed by atoms with van der Waals surface area (Å²) < 4.78 is 24.9. The quantitative estimate of drug-likeness (QED) is 0.811. The average Bonchev–Trinajstić information content (AvgIpc) is 3.37. The second-order valence-corrected chi connectivity index (χ2v) is 8.50. The third-order valence-corrected chi connectivity index (χ3v) is 5.82. The van der Waals surface area contributed by atoms with Crippen molar-refractivity contribution in [3.8, 4) is 0 Å². The van der Waals surface area contributed by atoms with E-state index in [1.165, 1.54) is 10.6 Å². The molecular formula is C16H23N3O3S. The standard InChI is InChI=1S/C16H23N3O3S/c1-23(21,22)18-9-3-5-14(12-18)16(20)19(15-6-7-15)11-13-4-2-8-17-10-13/h2,4,8,10,14-15H,3,5-7,9,11-12H2,1H3/t14-/m1/s1. The van der Waals surface area contributed by atoms with Crippen molar-refractivity contribution in [3.05, 3.63) is 30.1 Å². The van der Waals surface area contributed by atoms with Crippen LogP contribution >= 0.6 is 0 Å². The summed E-state index contributed by atoms with van der Waals surface area (Å²) in [4.78, 5) is 19.0. The highest BCUT2D eigenvalue weighted by Crippen LogP contribution is 2.31. The Kier molecular flexibility index (Phi) is 4.68. The first-order valence-electron chi connectivity index (χ1n) is 8.09. The Bertz CT molecular complexity index is 658. The highest BCUT2D eigenvalue weighted by atomic mass is 32.2. The van der Waals surface area contributed by atoms with E-state index in [1.807, 2.05) is 17.0 Å². The molecule has 0 radical (unpaired) electrons. The number of rotatable bonds is 5. The summed E-state index contributed by atoms with van der Waals surface area (Å²) in [5, 5.41) is 0. The van der Waals surface area contributed by atoms with E-state index in [9.17, 15) is 13.2 Å². The first kappa shape index (κ1) is 16.4. The van der Waals surface area contributed by atoms with Crippen molar-refractivity contribution in [3.63, 3.8) is 0 Å². The van der Waals surface area contributed by atoms with Crippen LogP contribution in [0.5, 0.6) is 0 Å². The Hall–Kier alpha value is -1.47. The van der Waals surface area contributed by atoms with Crippen LogP contribution in [0, 0.1) is 5.92 Å². The van der Waals surface area contributed by atoms with E-state index in [4.69, 9.17) is 0 Å². The first-order valence-corrected chi connectivity index (χ1v) is 9.94. The second-order valence-electron chi connectivity index (χ2n) is 6.52. The van der Waals surface area contributed by atoms with Crippen molar-refractivity contribution >= 4 is 15.9 Å². The van der Waals surface area contributed by atoms with Crippen LogP contribution in [0.3, 0.4) is 0 Å². The van der Waals surface area contributed by atoms with Crippen LogP contribution in [0.4, 0.5) is 0 Å². The van der Waals surface area contributed by atoms with Gasteiger partial charge in [-0.15, -0.1) is 0 Å². The van der Waals surface area contributed by atoms with Crippen molar-refractivity contribution in [1.29, 1.82) is 0 Å². The van der Waals surface area contributed by atoms with Gasteiger partial charge in [0, 0.05) is 38.1 Å². The summed E-state index contributed by atoms with van der Waals surface area (Å²) in [5.74, 6) is -0.138. The number of hydrogen-bond donors (Lipinski definition) is 0. The summed E-state index contributed by atoms with van der Waals surface area (Å²) in [6.07, 6.45) is 8.30. The molecule has 0 unspecified atom stereocenters. The van der Waals surface area contributed by atoms with Crippen LogP contribution in [0.15, 0.2) is 24.5 Å². The fourth-order valence-electron chi connectivity index (χ4n) is 3.14. The Morgan fingerprint density at radius 2 is 2.17 bits per heavy atom. The number of pyridine rings is 1. The predicted molar refractivity (Wildman–Crippen MR) is 86.9 cm³/mol. The molecule has 3 rings (SSSR count). The van der Waals surface area contributed by atoms with E-state index in [2.05, 4.69) is 4.98 Å². The third kappa shape index (κ3) is 4.09. The summed E-state index contributed by atoms with van der Waals surface area (Å²) in [6.45, 7) is 1.40. The number of aromatic nitrogens is 1. The number of sulfonamides is 1. The topological polar surface area (TPSA) is 70.6 Å². The van der Waals surface area contributed by atoms with Crippen LogP contribution in [0.2, 0.25) is 0 Å². The second kappa shape index (κ2) is 6.57. The van der Waals surface area contributed by atoms with Crippen molar-refractivity contribution in [2.45, 2.75) is 38.3 Å². The zero-order chi connectivity index (χ0) is 16.4. The molecule has 23 heavy (non-hydrogen) atoms. The highest BCUT2D eigenvalue weighted by molar-refractivity contribution is 7.88. The minimum Gasteiger partial charge on any atom is -0.335 e. The zero-order valence-corrected chi connectivity index (χ0v) is 14.2. The third-order valence-electron chi connectivity index (χ3n) is 4.55. The molecule has 1 aliphatic heterocycles. The molecule has 7 heteroatoms. The molecule has 0 aromatic carbocycles. The van der Waals surface area contributed by atoms with E-state index in [0.717, 1.165) is 31.2 Å². The molecule has 126 valence electrons. The van der Waals surface area contributed by atoms with Crippen molar-refractivity contribution < 1.29 is 13.2 Å². The minimum atomic E-state index is -3.23. The van der Waals surface area contributed by atoms with Crippen molar-refractivity contribution in [2.75, 3.05) is 19.3 Å². The van der Waals surface area contributed by atoms with Gasteiger partial charge in [-0.2, -0.15) is 0 Å². The molecule has 1 aromatic heterocycles. The lowest BCUT2D eigenvalue weighted by Gasteiger charge is -2.34. The van der Waals surface area contributed by atoms with E-state index >= 15 is 0 Å². The Labute approximate surface area is 137 Å². The van der Waals surface area contributed by atoms with Crippen LogP contribution < -0.4 is 0 Å². The summed E-state index contributed by atoms with van der Waals surface area (Å²) in [5.41, 5.74) is 1.02. The number of piperidine rings is 1. The Morgan fingerprint density at radius 1 is 1.39 bits per heavy atom. The normalized spacial score (nSPS) is 22.7. The molecule has 0 bridgehead atoms. The lowest BCUT2D eigenvalue weighted by Crippen LogP contribution is -2.46. The number of hydrogen-bond acceptors (Lipinski definition) is 4. The van der Waals surface area contributed by atoms with E-state index in [1.54, 1.807) is 12.4 Å². The fraction of sp³-hybridized carbons (Fsp3) is 0.625. The maximum absolute atomic E-state index is 12.9. The van der Waals surface area contributed by atoms with Gasteiger partial charge in [-0.05, 0) is 37.3 Å². The van der Waals surface area contributed by atoms with Crippen LogP contribution in [-0.2, 0) is 21.4 Å². The molecule has 1 amide bonds. The molecule has 1 atom stereocenters. The lowest BCUT2D eigenvalue weighted by atomic mass is 9.97. The minimum absolute atomic E-state index is 0.0877. The SMILES string of the molecule is CS(=O)(=O)N1CCC[C@@H](C(=O)N(Cc2cccnc2)C2CC2)C1. The molecule has 1 saturated heterocycles. The molecule has 2 aliphatic rings. The van der Waals surface area contributed by atoms with Gasteiger partial charge < -0.3 is 4.90 Å². The largest absolute Gasteiger partial charge is 0.335 e. The maximum Gasteiger partial charge on any atom is 0.227 e. The number of nitrogens with zero attached hydrogens (tertiary/aromatic N) is 3. The van der Waals surface area contributed by atoms with E-state index in [0.29, 0.717) is 25.7 Å². The summed E-state index contributed by atoms with van der Waals surface area (Å²) in [7, 11) is -3.23. The van der Waals surface area contributed by atoms with Gasteiger partial charge in [-0.1, -0.05) is 6.07 Å². The summed E-state index contributed by atoms with van der Waals surface area (Å²) in [6, 6.07) is 4.15. The van der Waals surface area contributed by atoms with Gasteiger partial charge in [0.15, 0.2) is 0 Å². The van der Waals surface area contributed by atoms with Crippen molar-refractivity contribution in [2.24, 2.45) is 5.92 Å². The van der Waals surface area contributed by atoms with E-state index < -0.39 is 10.0 Å². The smallest absolute Gasteiger partial charge is 0.227 e. The van der Waals surface area contributed by atoms with Crippen LogP contribution in [-0.4, -0.2) is 53.9 Å². The van der Waals surface area contributed by atoms with Gasteiger partial charge in [0.2, 0.25) is 15.9 Å². The Morgan fingerprint density at radius 3 is 2.78 bits per heavy atom. The molecule has 6 nitrogen and oxygen atoms in total. The van der Waals surface area contributed by atoms with Crippen molar-refractivity contribution in [1.82, 2.24) is 14.2 Å². The molecule has 2 fully saturated rings. The van der Waals surface area contributed by atoms with Gasteiger partial charge in [0.1, 0.15) is 0 Å². The molecular weight excluding hydrogens is 314 g/mol. The molecule has 2 heterocycles. The number of carbonyl (C=O) groups is 1. The van der Waals surface area contributed by atoms with E-state index in [-0.39, 0.29) is 11.8 Å². The predicted octanol–water partition coefficient (Wildman–Crippen LogP) is 1.24. The Balaban J connectivity index is 1.71. The molecule has 0 spiro atoms. The monoisotopic (exact) mass is 337 g/mol. The maximum atomic E-state index is 12.9. The van der Waals surface area contributed by atoms with Crippen LogP contribution in [0.25, 0.3) is 0 Å². The van der Waals surface area contributed by atoms with Gasteiger partial charge in [-0.3, -0.25) is 9.78 Å². The average molecular weight is 337 g/mol. The van der Waals surface area contributed by atoms with Gasteiger partial charge in [-0.25, -0.2) is 12.7 Å². The number of carbonyl (C=O) groups excluding carboxylic acids is 1.